The molecule has 14 aromatic rings. The lowest BCUT2D eigenvalue weighted by Gasteiger charge is -2.35. The maximum absolute atomic E-state index is 3.08. The first-order valence-electron chi connectivity index (χ1n) is 24.2. The average Bonchev–Trinajstić information content (AvgIpc) is 4.08. The second kappa shape index (κ2) is 16.1. The van der Waals surface area contributed by atoms with Crippen molar-refractivity contribution in [1.29, 1.82) is 0 Å². The molecule has 3 nitrogen and oxygen atoms in total. The Hall–Kier alpha value is -8.96. The highest BCUT2D eigenvalue weighted by atomic mass is 28.3. The molecule has 0 saturated carbocycles. The van der Waals surface area contributed by atoms with E-state index >= 15 is 0 Å². The molecule has 0 amide bonds. The maximum atomic E-state index is 2.64. The van der Waals surface area contributed by atoms with Crippen LogP contribution in [0, 0.1) is 0 Å². The Morgan fingerprint density at radius 1 is 0.243 bits per heavy atom. The van der Waals surface area contributed by atoms with Gasteiger partial charge in [-0.15, -0.1) is 0 Å². The molecule has 0 unspecified atom stereocenters. The Bertz CT molecular complexity index is 4110. The number of hydrogen-bond acceptors (Lipinski definition) is 0. The normalized spacial score (nSPS) is 12.0. The van der Waals surface area contributed by atoms with Gasteiger partial charge in [-0.1, -0.05) is 224 Å². The lowest BCUT2D eigenvalue weighted by Crippen LogP contribution is -2.75. The van der Waals surface area contributed by atoms with E-state index in [2.05, 4.69) is 287 Å². The number of aromatic nitrogens is 3. The Balaban J connectivity index is 1.16. The van der Waals surface area contributed by atoms with Crippen molar-refractivity contribution < 1.29 is 0 Å². The van der Waals surface area contributed by atoms with Crippen LogP contribution in [-0.2, 0) is 0 Å². The molecule has 70 heavy (non-hydrogen) atoms. The van der Waals surface area contributed by atoms with Crippen LogP contribution in [0.1, 0.15) is 0 Å². The van der Waals surface area contributed by atoms with Gasteiger partial charge in [-0.05, 0) is 80.4 Å². The summed E-state index contributed by atoms with van der Waals surface area (Å²) in [4.78, 5) is 0. The maximum Gasteiger partial charge on any atom is 0.181 e. The van der Waals surface area contributed by atoms with Gasteiger partial charge in [0.15, 0.2) is 8.07 Å². The number of para-hydroxylation sites is 5. The average molecular weight is 908 g/mol. The molecular weight excluding hydrogens is 863 g/mol. The summed E-state index contributed by atoms with van der Waals surface area (Å²) >= 11 is 0. The minimum atomic E-state index is -3.08. The van der Waals surface area contributed by atoms with Crippen LogP contribution >= 0.6 is 0 Å². The largest absolute Gasteiger partial charge is 0.309 e. The Morgan fingerprint density at radius 3 is 1.23 bits per heavy atom. The fourth-order valence-electron chi connectivity index (χ4n) is 11.9. The molecule has 3 heterocycles. The van der Waals surface area contributed by atoms with Gasteiger partial charge in [0.05, 0.1) is 38.8 Å². The zero-order valence-corrected chi connectivity index (χ0v) is 39.3. The molecule has 0 aliphatic rings. The molecule has 0 radical (unpaired) electrons. The van der Waals surface area contributed by atoms with Crippen molar-refractivity contribution >= 4 is 94.2 Å². The van der Waals surface area contributed by atoms with E-state index in [4.69, 9.17) is 0 Å². The zero-order chi connectivity index (χ0) is 46.2. The minimum absolute atomic E-state index is 1.12. The smallest absolute Gasteiger partial charge is 0.181 e. The lowest BCUT2D eigenvalue weighted by atomic mass is 10.1. The summed E-state index contributed by atoms with van der Waals surface area (Å²) in [5, 5.41) is 12.7. The molecule has 0 atom stereocenters. The van der Waals surface area contributed by atoms with Crippen LogP contribution in [0.5, 0.6) is 0 Å². The van der Waals surface area contributed by atoms with Crippen molar-refractivity contribution in [3.8, 4) is 28.2 Å². The van der Waals surface area contributed by atoms with Crippen molar-refractivity contribution in [3.05, 3.63) is 273 Å². The first-order chi connectivity index (χ1) is 34.8. The molecule has 0 aliphatic carbocycles. The zero-order valence-electron chi connectivity index (χ0n) is 38.3. The topological polar surface area (TPSA) is 14.8 Å². The molecular formula is C66H45N3Si. The summed E-state index contributed by atoms with van der Waals surface area (Å²) in [6.45, 7) is 0. The summed E-state index contributed by atoms with van der Waals surface area (Å²) in [7, 11) is -3.08. The Labute approximate surface area is 407 Å². The summed E-state index contributed by atoms with van der Waals surface area (Å²) in [5.41, 5.74) is 12.9. The molecule has 0 aliphatic heterocycles. The molecule has 0 spiro atoms. The van der Waals surface area contributed by atoms with Gasteiger partial charge in [-0.3, -0.25) is 0 Å². The monoisotopic (exact) mass is 907 g/mol. The highest BCUT2D eigenvalue weighted by molar-refractivity contribution is 7.20. The van der Waals surface area contributed by atoms with E-state index in [1.807, 2.05) is 0 Å². The minimum Gasteiger partial charge on any atom is -0.309 e. The van der Waals surface area contributed by atoms with Gasteiger partial charge in [0.25, 0.3) is 0 Å². The molecule has 11 aromatic carbocycles. The molecule has 0 saturated heterocycles. The lowest BCUT2D eigenvalue weighted by molar-refractivity contribution is 1.13. The predicted molar refractivity (Wildman–Crippen MR) is 299 cm³/mol. The van der Waals surface area contributed by atoms with Crippen LogP contribution in [0.15, 0.2) is 273 Å². The van der Waals surface area contributed by atoms with Crippen molar-refractivity contribution in [1.82, 2.24) is 13.7 Å². The van der Waals surface area contributed by atoms with Gasteiger partial charge in [-0.25, -0.2) is 0 Å². The molecule has 14 rings (SSSR count). The van der Waals surface area contributed by atoms with E-state index in [0.29, 0.717) is 0 Å². The summed E-state index contributed by atoms with van der Waals surface area (Å²) < 4.78 is 7.60. The van der Waals surface area contributed by atoms with Gasteiger partial charge in [-0.2, -0.15) is 0 Å². The van der Waals surface area contributed by atoms with Crippen molar-refractivity contribution in [2.75, 3.05) is 0 Å². The number of benzene rings is 11. The Kier molecular flexibility index (Phi) is 9.23. The van der Waals surface area contributed by atoms with Crippen molar-refractivity contribution in [2.24, 2.45) is 0 Å². The highest BCUT2D eigenvalue weighted by Crippen LogP contribution is 2.41. The quantitative estimate of drug-likeness (QED) is 0.107. The van der Waals surface area contributed by atoms with Crippen molar-refractivity contribution in [3.63, 3.8) is 0 Å². The highest BCUT2D eigenvalue weighted by Gasteiger charge is 2.43. The Morgan fingerprint density at radius 2 is 0.657 bits per heavy atom. The van der Waals surface area contributed by atoms with E-state index in [9.17, 15) is 0 Å². The van der Waals surface area contributed by atoms with Gasteiger partial charge < -0.3 is 13.7 Å². The van der Waals surface area contributed by atoms with Crippen LogP contribution in [0.3, 0.4) is 0 Å². The first kappa shape index (κ1) is 40.1. The third kappa shape index (κ3) is 5.94. The van der Waals surface area contributed by atoms with E-state index < -0.39 is 8.07 Å². The molecule has 328 valence electrons. The van der Waals surface area contributed by atoms with Gasteiger partial charge >= 0.3 is 0 Å². The number of nitrogens with zero attached hydrogens (tertiary/aromatic N) is 3. The van der Waals surface area contributed by atoms with Crippen LogP contribution in [-0.4, -0.2) is 21.8 Å². The molecule has 4 heteroatoms. The molecule has 0 bridgehead atoms. The van der Waals surface area contributed by atoms with Crippen LogP contribution in [0.2, 0.25) is 0 Å². The van der Waals surface area contributed by atoms with E-state index in [1.165, 1.54) is 91.8 Å². The van der Waals surface area contributed by atoms with Gasteiger partial charge in [0.1, 0.15) is 0 Å². The summed E-state index contributed by atoms with van der Waals surface area (Å²) in [5.74, 6) is 0. The molecule has 0 N–H and O–H groups in total. The van der Waals surface area contributed by atoms with Crippen LogP contribution in [0.4, 0.5) is 0 Å². The molecule has 3 aromatic heterocycles. The van der Waals surface area contributed by atoms with Gasteiger partial charge in [0, 0.05) is 43.7 Å². The fraction of sp³-hybridized carbons (Fsp3) is 0. The fourth-order valence-corrected chi connectivity index (χ4v) is 16.8. The van der Waals surface area contributed by atoms with E-state index in [0.717, 1.165) is 22.6 Å². The standard InChI is InChI=1S/C66H45N3Si/c1-5-21-46(22-6-1)47-39-41-48(42-40-47)68-61-36-18-15-31-55(61)57-32-19-37-62(65(57)68)69-63-45-49(67-59-34-16-13-29-53(59)54-30-14-17-35-60(54)67)43-44-56(63)58-33-20-38-64(66(58)69)70(50-23-7-2-8-24-50,51-25-9-3-10-26-51)52-27-11-4-12-28-52/h1-45H. The van der Waals surface area contributed by atoms with Gasteiger partial charge in [0.2, 0.25) is 0 Å². The number of rotatable bonds is 8. The van der Waals surface area contributed by atoms with Crippen LogP contribution in [0.25, 0.3) is 93.6 Å². The van der Waals surface area contributed by atoms with E-state index in [1.54, 1.807) is 0 Å². The first-order valence-corrected chi connectivity index (χ1v) is 26.2. The number of fused-ring (bicyclic) bond motifs is 9. The third-order valence-corrected chi connectivity index (χ3v) is 19.6. The second-order valence-electron chi connectivity index (χ2n) is 18.4. The molecule has 0 fully saturated rings. The second-order valence-corrected chi connectivity index (χ2v) is 22.2. The van der Waals surface area contributed by atoms with Crippen molar-refractivity contribution in [2.45, 2.75) is 0 Å². The van der Waals surface area contributed by atoms with Crippen LogP contribution < -0.4 is 20.7 Å². The van der Waals surface area contributed by atoms with E-state index in [-0.39, 0.29) is 0 Å². The third-order valence-electron chi connectivity index (χ3n) is 14.8. The number of hydrogen-bond donors (Lipinski definition) is 0. The summed E-state index contributed by atoms with van der Waals surface area (Å²) in [6.07, 6.45) is 0. The predicted octanol–water partition coefficient (Wildman–Crippen LogP) is 14.0. The summed E-state index contributed by atoms with van der Waals surface area (Å²) in [6, 6.07) is 102. The SMILES string of the molecule is c1ccc(-c2ccc(-n3c4ccccc4c4cccc(-n5c6cc(-n7c8ccccc8c8ccccc87)ccc6c6cccc([Si](c7ccccc7)(c7ccccc7)c7ccccc7)c65)c43)cc2)cc1.